The number of fused-ring (bicyclic) bond motifs is 1. The van der Waals surface area contributed by atoms with Crippen LogP contribution in [0, 0.1) is 11.3 Å². The van der Waals surface area contributed by atoms with Gasteiger partial charge >= 0.3 is 5.97 Å². The molecule has 27 heavy (non-hydrogen) atoms. The van der Waals surface area contributed by atoms with Gasteiger partial charge in [-0.15, -0.1) is 0 Å². The Hall–Kier alpha value is -3.39. The molecule has 1 unspecified atom stereocenters. The lowest BCUT2D eigenvalue weighted by Crippen LogP contribution is -2.26. The van der Waals surface area contributed by atoms with E-state index in [2.05, 4.69) is 11.1 Å². The van der Waals surface area contributed by atoms with Crippen LogP contribution in [0.5, 0.6) is 5.75 Å². The molecule has 136 valence electrons. The summed E-state index contributed by atoms with van der Waals surface area (Å²) in [6.07, 6.45) is 3.24. The van der Waals surface area contributed by atoms with Crippen molar-refractivity contribution in [2.75, 3.05) is 6.61 Å². The first-order chi connectivity index (χ1) is 13.1. The second-order valence-corrected chi connectivity index (χ2v) is 6.10. The van der Waals surface area contributed by atoms with Crippen LogP contribution in [0.15, 0.2) is 54.9 Å². The second-order valence-electron chi connectivity index (χ2n) is 6.10. The highest BCUT2D eigenvalue weighted by Gasteiger charge is 2.18. The molecule has 3 rings (SSSR count). The zero-order valence-corrected chi connectivity index (χ0v) is 15.3. The molecule has 1 aromatic heterocycles. The Morgan fingerprint density at radius 1 is 1.15 bits per heavy atom. The summed E-state index contributed by atoms with van der Waals surface area (Å²) < 4.78 is 10.8. The van der Waals surface area contributed by atoms with Gasteiger partial charge < -0.3 is 9.47 Å². The quantitative estimate of drug-likeness (QED) is 0.621. The molecule has 0 aliphatic rings. The van der Waals surface area contributed by atoms with Gasteiger partial charge in [-0.1, -0.05) is 30.3 Å². The molecule has 0 saturated carbocycles. The third-order valence-corrected chi connectivity index (χ3v) is 4.30. The number of carbonyl (C=O) groups excluding carboxylic acids is 1. The summed E-state index contributed by atoms with van der Waals surface area (Å²) in [5, 5.41) is 11.3. The molecule has 0 fully saturated rings. The van der Waals surface area contributed by atoms with Crippen molar-refractivity contribution in [3.8, 4) is 11.8 Å². The van der Waals surface area contributed by atoms with Crippen molar-refractivity contribution in [2.24, 2.45) is 0 Å². The van der Waals surface area contributed by atoms with Crippen molar-refractivity contribution in [2.45, 2.75) is 26.4 Å². The van der Waals surface area contributed by atoms with Crippen molar-refractivity contribution in [1.82, 2.24) is 4.98 Å². The molecule has 3 aromatic rings. The monoisotopic (exact) mass is 360 g/mol. The highest BCUT2D eigenvalue weighted by molar-refractivity contribution is 5.90. The molecule has 0 spiro atoms. The van der Waals surface area contributed by atoms with E-state index in [4.69, 9.17) is 9.47 Å². The molecular weight excluding hydrogens is 340 g/mol. The number of nitriles is 1. The summed E-state index contributed by atoms with van der Waals surface area (Å²) >= 11 is 0. The first kappa shape index (κ1) is 18.4. The molecule has 0 bridgehead atoms. The maximum atomic E-state index is 11.9. The normalized spacial score (nSPS) is 11.6. The number of pyridine rings is 1. The number of nitrogens with zero attached hydrogens (tertiary/aromatic N) is 2. The van der Waals surface area contributed by atoms with Crippen LogP contribution in [0.4, 0.5) is 0 Å². The van der Waals surface area contributed by atoms with Crippen LogP contribution >= 0.6 is 0 Å². The molecule has 0 saturated heterocycles. The summed E-state index contributed by atoms with van der Waals surface area (Å²) in [4.78, 5) is 16.1. The summed E-state index contributed by atoms with van der Waals surface area (Å²) in [5.74, 6) is 0.197. The number of esters is 1. The predicted octanol–water partition coefficient (Wildman–Crippen LogP) is 4.03. The van der Waals surface area contributed by atoms with Gasteiger partial charge in [-0.2, -0.15) is 5.26 Å². The van der Waals surface area contributed by atoms with Crippen molar-refractivity contribution < 1.29 is 14.3 Å². The number of ether oxygens (including phenoxy) is 2. The van der Waals surface area contributed by atoms with E-state index in [9.17, 15) is 10.1 Å². The lowest BCUT2D eigenvalue weighted by Gasteiger charge is -2.16. The smallest absolute Gasteiger partial charge is 0.347 e. The Morgan fingerprint density at radius 2 is 1.93 bits per heavy atom. The first-order valence-electron chi connectivity index (χ1n) is 8.81. The SMILES string of the molecule is CCOC(=O)C(C)Oc1ccncc1Cc1ccc(C#N)c2ccccc12. The van der Waals surface area contributed by atoms with E-state index >= 15 is 0 Å². The van der Waals surface area contributed by atoms with Crippen LogP contribution in [0.2, 0.25) is 0 Å². The summed E-state index contributed by atoms with van der Waals surface area (Å²) in [6.45, 7) is 3.74. The van der Waals surface area contributed by atoms with Gasteiger partial charge in [-0.3, -0.25) is 4.98 Å². The van der Waals surface area contributed by atoms with Gasteiger partial charge in [-0.25, -0.2) is 4.79 Å². The molecule has 1 atom stereocenters. The maximum absolute atomic E-state index is 11.9. The van der Waals surface area contributed by atoms with Gasteiger partial charge in [-0.05, 0) is 42.3 Å². The van der Waals surface area contributed by atoms with E-state index in [1.807, 2.05) is 36.4 Å². The van der Waals surface area contributed by atoms with Crippen LogP contribution < -0.4 is 4.74 Å². The van der Waals surface area contributed by atoms with Crippen LogP contribution in [0.1, 0.15) is 30.5 Å². The van der Waals surface area contributed by atoms with Crippen molar-refractivity contribution in [3.05, 3.63) is 71.5 Å². The highest BCUT2D eigenvalue weighted by Crippen LogP contribution is 2.28. The molecule has 1 heterocycles. The highest BCUT2D eigenvalue weighted by atomic mass is 16.6. The minimum Gasteiger partial charge on any atom is -0.479 e. The lowest BCUT2D eigenvalue weighted by atomic mass is 9.96. The van der Waals surface area contributed by atoms with E-state index in [-0.39, 0.29) is 0 Å². The van der Waals surface area contributed by atoms with Crippen LogP contribution in [-0.2, 0) is 16.0 Å². The Balaban J connectivity index is 1.93. The topological polar surface area (TPSA) is 72.2 Å². The van der Waals surface area contributed by atoms with Crippen LogP contribution in [-0.4, -0.2) is 23.7 Å². The molecule has 0 N–H and O–H groups in total. The number of carbonyl (C=O) groups is 1. The number of aromatic nitrogens is 1. The third kappa shape index (κ3) is 4.06. The molecule has 0 aliphatic carbocycles. The zero-order chi connectivity index (χ0) is 19.2. The average molecular weight is 360 g/mol. The van der Waals surface area contributed by atoms with E-state index in [1.54, 1.807) is 32.3 Å². The van der Waals surface area contributed by atoms with Crippen molar-refractivity contribution in [3.63, 3.8) is 0 Å². The average Bonchev–Trinajstić information content (AvgIpc) is 2.70. The number of hydrogen-bond donors (Lipinski definition) is 0. The fraction of sp³-hybridized carbons (Fsp3) is 0.227. The van der Waals surface area contributed by atoms with Crippen LogP contribution in [0.3, 0.4) is 0 Å². The van der Waals surface area contributed by atoms with E-state index < -0.39 is 12.1 Å². The van der Waals surface area contributed by atoms with Gasteiger partial charge in [0.1, 0.15) is 5.75 Å². The fourth-order valence-electron chi connectivity index (χ4n) is 2.98. The van der Waals surface area contributed by atoms with E-state index in [1.165, 1.54) is 0 Å². The molecule has 0 amide bonds. The van der Waals surface area contributed by atoms with Crippen LogP contribution in [0.25, 0.3) is 10.8 Å². The Bertz CT molecular complexity index is 1010. The molecule has 0 radical (unpaired) electrons. The van der Waals surface area contributed by atoms with Gasteiger partial charge in [0.2, 0.25) is 0 Å². The van der Waals surface area contributed by atoms with Crippen molar-refractivity contribution >= 4 is 16.7 Å². The molecule has 5 heteroatoms. The maximum Gasteiger partial charge on any atom is 0.347 e. The minimum atomic E-state index is -0.705. The van der Waals surface area contributed by atoms with Gasteiger partial charge in [0.25, 0.3) is 0 Å². The lowest BCUT2D eigenvalue weighted by molar-refractivity contribution is -0.150. The minimum absolute atomic E-state index is 0.312. The Labute approximate surface area is 158 Å². The molecule has 0 aliphatic heterocycles. The van der Waals surface area contributed by atoms with E-state index in [0.717, 1.165) is 21.9 Å². The second kappa shape index (κ2) is 8.33. The largest absolute Gasteiger partial charge is 0.479 e. The Kier molecular flexibility index (Phi) is 5.68. The third-order valence-electron chi connectivity index (χ3n) is 4.30. The number of hydrogen-bond acceptors (Lipinski definition) is 5. The molecular formula is C22H20N2O3. The zero-order valence-electron chi connectivity index (χ0n) is 15.3. The standard InChI is InChI=1S/C22H20N2O3/c1-3-26-22(25)15(2)27-21-10-11-24-14-18(21)12-16-8-9-17(13-23)20-7-5-4-6-19(16)20/h4-11,14-15H,3,12H2,1-2H3. The van der Waals surface area contributed by atoms with Gasteiger partial charge in [0, 0.05) is 24.4 Å². The molecule has 2 aromatic carbocycles. The number of benzene rings is 2. The predicted molar refractivity (Wildman–Crippen MR) is 102 cm³/mol. The number of rotatable bonds is 6. The summed E-state index contributed by atoms with van der Waals surface area (Å²) in [7, 11) is 0. The fourth-order valence-corrected chi connectivity index (χ4v) is 2.98. The molecule has 5 nitrogen and oxygen atoms in total. The van der Waals surface area contributed by atoms with Crippen molar-refractivity contribution in [1.29, 1.82) is 5.26 Å². The summed E-state index contributed by atoms with van der Waals surface area (Å²) in [5.41, 5.74) is 2.57. The van der Waals surface area contributed by atoms with Gasteiger partial charge in [0.05, 0.1) is 18.2 Å². The first-order valence-corrected chi connectivity index (χ1v) is 8.81. The van der Waals surface area contributed by atoms with Gasteiger partial charge in [0.15, 0.2) is 6.10 Å². The summed E-state index contributed by atoms with van der Waals surface area (Å²) in [6, 6.07) is 15.6. The Morgan fingerprint density at radius 3 is 2.67 bits per heavy atom. The van der Waals surface area contributed by atoms with E-state index in [0.29, 0.717) is 24.3 Å².